The molecule has 84 valence electrons. The van der Waals surface area contributed by atoms with Gasteiger partial charge < -0.3 is 14.7 Å². The van der Waals surface area contributed by atoms with Crippen LogP contribution in [-0.4, -0.2) is 4.57 Å². The molecule has 2 aromatic heterocycles. The van der Waals surface area contributed by atoms with E-state index in [-0.39, 0.29) is 5.56 Å². The average Bonchev–Trinajstić information content (AvgIpc) is 2.73. The standard InChI is InChI=1S/C12H14N2O2/c1-9-3-2-6-14(12(9)15)8-11-5-4-10(7-13)16-11/h2-6H,7-8,13H2,1H3. The molecule has 0 saturated heterocycles. The van der Waals surface area contributed by atoms with Gasteiger partial charge in [0, 0.05) is 11.8 Å². The fourth-order valence-corrected chi connectivity index (χ4v) is 1.57. The summed E-state index contributed by atoms with van der Waals surface area (Å²) in [6.07, 6.45) is 1.75. The first kappa shape index (κ1) is 10.7. The van der Waals surface area contributed by atoms with E-state index in [1.54, 1.807) is 23.8 Å². The quantitative estimate of drug-likeness (QED) is 0.843. The topological polar surface area (TPSA) is 61.2 Å². The minimum atomic E-state index is 0.00759. The third-order valence-corrected chi connectivity index (χ3v) is 2.46. The van der Waals surface area contributed by atoms with E-state index in [1.807, 2.05) is 18.2 Å². The first-order valence-corrected chi connectivity index (χ1v) is 5.14. The summed E-state index contributed by atoms with van der Waals surface area (Å²) < 4.78 is 7.07. The predicted molar refractivity (Wildman–Crippen MR) is 61.1 cm³/mol. The van der Waals surface area contributed by atoms with E-state index in [1.165, 1.54) is 0 Å². The van der Waals surface area contributed by atoms with E-state index >= 15 is 0 Å². The maximum atomic E-state index is 11.7. The van der Waals surface area contributed by atoms with E-state index < -0.39 is 0 Å². The van der Waals surface area contributed by atoms with Crippen molar-refractivity contribution in [1.82, 2.24) is 4.57 Å². The molecule has 0 fully saturated rings. The Labute approximate surface area is 93.3 Å². The molecule has 4 nitrogen and oxygen atoms in total. The second-order valence-corrected chi connectivity index (χ2v) is 3.70. The molecule has 4 heteroatoms. The van der Waals surface area contributed by atoms with E-state index in [0.717, 1.165) is 17.1 Å². The van der Waals surface area contributed by atoms with Crippen molar-refractivity contribution < 1.29 is 4.42 Å². The second kappa shape index (κ2) is 4.37. The number of rotatable bonds is 3. The zero-order valence-corrected chi connectivity index (χ0v) is 9.14. The van der Waals surface area contributed by atoms with Crippen LogP contribution in [0.4, 0.5) is 0 Å². The average molecular weight is 218 g/mol. The van der Waals surface area contributed by atoms with Crippen LogP contribution in [0.3, 0.4) is 0 Å². The molecular formula is C12H14N2O2. The van der Waals surface area contributed by atoms with Crippen LogP contribution < -0.4 is 11.3 Å². The largest absolute Gasteiger partial charge is 0.463 e. The van der Waals surface area contributed by atoms with Crippen molar-refractivity contribution in [2.45, 2.75) is 20.0 Å². The molecular weight excluding hydrogens is 204 g/mol. The summed E-state index contributed by atoms with van der Waals surface area (Å²) in [5, 5.41) is 0. The Kier molecular flexibility index (Phi) is 2.92. The van der Waals surface area contributed by atoms with Gasteiger partial charge in [0.15, 0.2) is 0 Å². The van der Waals surface area contributed by atoms with Crippen molar-refractivity contribution in [3.8, 4) is 0 Å². The Morgan fingerprint density at radius 2 is 2.06 bits per heavy atom. The zero-order chi connectivity index (χ0) is 11.5. The molecule has 2 heterocycles. The molecule has 0 aliphatic heterocycles. The Bertz CT molecular complexity index is 540. The zero-order valence-electron chi connectivity index (χ0n) is 9.14. The molecule has 0 aliphatic carbocycles. The first-order chi connectivity index (χ1) is 7.70. The molecule has 0 amide bonds. The Morgan fingerprint density at radius 3 is 2.75 bits per heavy atom. The monoisotopic (exact) mass is 218 g/mol. The lowest BCUT2D eigenvalue weighted by Crippen LogP contribution is -2.21. The molecule has 2 N–H and O–H groups in total. The number of hydrogen-bond donors (Lipinski definition) is 1. The summed E-state index contributed by atoms with van der Waals surface area (Å²) >= 11 is 0. The summed E-state index contributed by atoms with van der Waals surface area (Å²) in [7, 11) is 0. The summed E-state index contributed by atoms with van der Waals surface area (Å²) in [5.74, 6) is 1.48. The van der Waals surface area contributed by atoms with Crippen LogP contribution in [-0.2, 0) is 13.1 Å². The molecule has 0 spiro atoms. The lowest BCUT2D eigenvalue weighted by Gasteiger charge is -2.03. The molecule has 0 aliphatic rings. The fourth-order valence-electron chi connectivity index (χ4n) is 1.57. The van der Waals surface area contributed by atoms with Crippen molar-refractivity contribution in [3.05, 3.63) is 57.9 Å². The highest BCUT2D eigenvalue weighted by molar-refractivity contribution is 5.11. The third-order valence-electron chi connectivity index (χ3n) is 2.46. The number of aromatic nitrogens is 1. The lowest BCUT2D eigenvalue weighted by molar-refractivity contribution is 0.452. The van der Waals surface area contributed by atoms with Gasteiger partial charge in [-0.05, 0) is 25.1 Å². The van der Waals surface area contributed by atoms with Crippen LogP contribution in [0.1, 0.15) is 17.1 Å². The second-order valence-electron chi connectivity index (χ2n) is 3.70. The summed E-state index contributed by atoms with van der Waals surface area (Å²) in [6, 6.07) is 7.32. The highest BCUT2D eigenvalue weighted by atomic mass is 16.3. The van der Waals surface area contributed by atoms with Gasteiger partial charge in [0.05, 0.1) is 13.1 Å². The van der Waals surface area contributed by atoms with Gasteiger partial charge in [-0.15, -0.1) is 0 Å². The van der Waals surface area contributed by atoms with Gasteiger partial charge in [-0.1, -0.05) is 6.07 Å². The molecule has 0 aromatic carbocycles. The van der Waals surface area contributed by atoms with E-state index in [2.05, 4.69) is 0 Å². The fraction of sp³-hybridized carbons (Fsp3) is 0.250. The number of aryl methyl sites for hydroxylation is 1. The number of nitrogens with zero attached hydrogens (tertiary/aromatic N) is 1. The Hall–Kier alpha value is -1.81. The van der Waals surface area contributed by atoms with Crippen LogP contribution >= 0.6 is 0 Å². The highest BCUT2D eigenvalue weighted by Crippen LogP contribution is 2.08. The minimum Gasteiger partial charge on any atom is -0.463 e. The third kappa shape index (κ3) is 2.06. The molecule has 0 saturated carbocycles. The first-order valence-electron chi connectivity index (χ1n) is 5.14. The SMILES string of the molecule is Cc1cccn(Cc2ccc(CN)o2)c1=O. The number of nitrogens with two attached hydrogens (primary N) is 1. The molecule has 0 unspecified atom stereocenters. The molecule has 0 atom stereocenters. The normalized spacial score (nSPS) is 10.6. The Balaban J connectivity index is 2.27. The maximum absolute atomic E-state index is 11.7. The number of pyridine rings is 1. The van der Waals surface area contributed by atoms with Gasteiger partial charge in [-0.2, -0.15) is 0 Å². The van der Waals surface area contributed by atoms with Crippen LogP contribution in [0, 0.1) is 6.92 Å². The maximum Gasteiger partial charge on any atom is 0.253 e. The van der Waals surface area contributed by atoms with Gasteiger partial charge in [0.1, 0.15) is 11.5 Å². The van der Waals surface area contributed by atoms with Gasteiger partial charge in [-0.3, -0.25) is 4.79 Å². The van der Waals surface area contributed by atoms with Crippen molar-refractivity contribution in [1.29, 1.82) is 0 Å². The van der Waals surface area contributed by atoms with Gasteiger partial charge in [0.25, 0.3) is 5.56 Å². The molecule has 0 radical (unpaired) electrons. The molecule has 2 aromatic rings. The summed E-state index contributed by atoms with van der Waals surface area (Å²) in [6.45, 7) is 2.62. The van der Waals surface area contributed by atoms with Gasteiger partial charge in [0.2, 0.25) is 0 Å². The van der Waals surface area contributed by atoms with E-state index in [9.17, 15) is 4.79 Å². The summed E-state index contributed by atoms with van der Waals surface area (Å²) in [5.41, 5.74) is 6.19. The van der Waals surface area contributed by atoms with E-state index in [4.69, 9.17) is 10.2 Å². The van der Waals surface area contributed by atoms with E-state index in [0.29, 0.717) is 13.1 Å². The number of furan rings is 1. The van der Waals surface area contributed by atoms with Crippen LogP contribution in [0.2, 0.25) is 0 Å². The van der Waals surface area contributed by atoms with Crippen molar-refractivity contribution in [3.63, 3.8) is 0 Å². The van der Waals surface area contributed by atoms with Crippen molar-refractivity contribution in [2.75, 3.05) is 0 Å². The smallest absolute Gasteiger partial charge is 0.253 e. The van der Waals surface area contributed by atoms with Crippen LogP contribution in [0.15, 0.2) is 39.7 Å². The van der Waals surface area contributed by atoms with Gasteiger partial charge in [-0.25, -0.2) is 0 Å². The molecule has 2 rings (SSSR count). The predicted octanol–water partition coefficient (Wildman–Crippen LogP) is 1.26. The lowest BCUT2D eigenvalue weighted by atomic mass is 10.3. The Morgan fingerprint density at radius 1 is 1.31 bits per heavy atom. The highest BCUT2D eigenvalue weighted by Gasteiger charge is 2.03. The molecule has 16 heavy (non-hydrogen) atoms. The van der Waals surface area contributed by atoms with Crippen molar-refractivity contribution >= 4 is 0 Å². The van der Waals surface area contributed by atoms with Crippen molar-refractivity contribution in [2.24, 2.45) is 5.73 Å². The number of hydrogen-bond acceptors (Lipinski definition) is 3. The van der Waals surface area contributed by atoms with Crippen LogP contribution in [0.5, 0.6) is 0 Å². The van der Waals surface area contributed by atoms with Crippen LogP contribution in [0.25, 0.3) is 0 Å². The summed E-state index contributed by atoms with van der Waals surface area (Å²) in [4.78, 5) is 11.7. The van der Waals surface area contributed by atoms with Gasteiger partial charge >= 0.3 is 0 Å². The molecule has 0 bridgehead atoms. The minimum absolute atomic E-state index is 0.00759.